The summed E-state index contributed by atoms with van der Waals surface area (Å²) in [5.41, 5.74) is 8.21. The predicted octanol–water partition coefficient (Wildman–Crippen LogP) is 3.07. The van der Waals surface area contributed by atoms with Gasteiger partial charge < -0.3 is 15.9 Å². The van der Waals surface area contributed by atoms with Crippen molar-refractivity contribution in [3.05, 3.63) is 36.4 Å². The van der Waals surface area contributed by atoms with Crippen LogP contribution in [0.4, 0.5) is 11.4 Å². The van der Waals surface area contributed by atoms with E-state index >= 15 is 0 Å². The summed E-state index contributed by atoms with van der Waals surface area (Å²) in [4.78, 5) is 4.08. The molecule has 4 nitrogen and oxygen atoms in total. The van der Waals surface area contributed by atoms with Crippen LogP contribution in [0.15, 0.2) is 41.4 Å². The first-order valence-corrected chi connectivity index (χ1v) is 5.52. The second kappa shape index (κ2) is 4.79. The van der Waals surface area contributed by atoms with Crippen molar-refractivity contribution in [1.29, 1.82) is 0 Å². The first kappa shape index (κ1) is 12.0. The Morgan fingerprint density at radius 1 is 1.00 bits per heavy atom. The van der Waals surface area contributed by atoms with Gasteiger partial charge in [0, 0.05) is 6.21 Å². The highest BCUT2D eigenvalue weighted by molar-refractivity contribution is 5.75. The van der Waals surface area contributed by atoms with Gasteiger partial charge in [-0.15, -0.1) is 0 Å². The lowest BCUT2D eigenvalue weighted by molar-refractivity contribution is 0.476. The van der Waals surface area contributed by atoms with Crippen molar-refractivity contribution < 1.29 is 10.2 Å². The van der Waals surface area contributed by atoms with Gasteiger partial charge in [-0.05, 0) is 42.3 Å². The van der Waals surface area contributed by atoms with E-state index in [9.17, 15) is 10.2 Å². The number of nitrogen functional groups attached to an aromatic ring is 1. The smallest absolute Gasteiger partial charge is 0.141 e. The molecule has 0 radical (unpaired) electrons. The zero-order valence-electron chi connectivity index (χ0n) is 9.96. The van der Waals surface area contributed by atoms with E-state index in [-0.39, 0.29) is 11.5 Å². The zero-order valence-corrected chi connectivity index (χ0v) is 9.96. The maximum Gasteiger partial charge on any atom is 0.141 e. The van der Waals surface area contributed by atoms with Crippen LogP contribution >= 0.6 is 0 Å². The number of rotatable bonds is 2. The van der Waals surface area contributed by atoms with E-state index in [1.54, 1.807) is 49.5 Å². The molecule has 0 amide bonds. The van der Waals surface area contributed by atoms with Crippen LogP contribution in [0.2, 0.25) is 0 Å². The minimum absolute atomic E-state index is 0.0596. The third-order valence-corrected chi connectivity index (χ3v) is 2.60. The molecule has 4 N–H and O–H groups in total. The number of anilines is 1. The lowest BCUT2D eigenvalue weighted by Gasteiger charge is -2.06. The molecule has 0 saturated carbocycles. The molecule has 0 saturated heterocycles. The molecule has 0 bridgehead atoms. The normalized spacial score (nSPS) is 10.9. The molecule has 2 aromatic carbocycles. The van der Waals surface area contributed by atoms with Crippen molar-refractivity contribution in [1.82, 2.24) is 0 Å². The van der Waals surface area contributed by atoms with E-state index in [2.05, 4.69) is 4.99 Å². The van der Waals surface area contributed by atoms with Crippen LogP contribution in [0.3, 0.4) is 0 Å². The first-order valence-electron chi connectivity index (χ1n) is 5.52. The van der Waals surface area contributed by atoms with Gasteiger partial charge >= 0.3 is 0 Å². The monoisotopic (exact) mass is 242 g/mol. The van der Waals surface area contributed by atoms with E-state index in [0.717, 1.165) is 11.1 Å². The average molecular weight is 242 g/mol. The van der Waals surface area contributed by atoms with Gasteiger partial charge in [-0.1, -0.05) is 12.1 Å². The number of hydrogen-bond donors (Lipinski definition) is 3. The van der Waals surface area contributed by atoms with Crippen LogP contribution in [-0.4, -0.2) is 16.4 Å². The minimum atomic E-state index is 0.0596. The molecule has 4 heteroatoms. The molecule has 0 fully saturated rings. The Balaban J connectivity index is 2.50. The summed E-state index contributed by atoms with van der Waals surface area (Å²) in [6.45, 7) is 1.78. The van der Waals surface area contributed by atoms with Gasteiger partial charge in [0.15, 0.2) is 0 Å². The standard InChI is InChI=1S/C14H14N2O2/c1-2-16-12-8-10(4-6-14(12)18)9-3-5-13(17)11(15)7-9/h2-8,17-18H,15H2,1H3. The molecule has 2 aromatic rings. The summed E-state index contributed by atoms with van der Waals surface area (Å²) in [5, 5.41) is 19.0. The Bertz CT molecular complexity index is 607. The van der Waals surface area contributed by atoms with Crippen molar-refractivity contribution in [2.45, 2.75) is 6.92 Å². The molecular weight excluding hydrogens is 228 g/mol. The van der Waals surface area contributed by atoms with Crippen molar-refractivity contribution in [2.75, 3.05) is 5.73 Å². The van der Waals surface area contributed by atoms with Crippen LogP contribution < -0.4 is 5.73 Å². The Hall–Kier alpha value is -2.49. The second-order valence-electron chi connectivity index (χ2n) is 3.86. The maximum atomic E-state index is 9.63. The van der Waals surface area contributed by atoms with Gasteiger partial charge in [-0.2, -0.15) is 0 Å². The molecule has 0 aliphatic heterocycles. The number of aromatic hydroxyl groups is 2. The van der Waals surface area contributed by atoms with E-state index < -0.39 is 0 Å². The predicted molar refractivity (Wildman–Crippen MR) is 73.4 cm³/mol. The molecule has 0 aromatic heterocycles. The molecule has 92 valence electrons. The van der Waals surface area contributed by atoms with E-state index in [1.807, 2.05) is 0 Å². The SMILES string of the molecule is CC=Nc1cc(-c2ccc(O)c(N)c2)ccc1O. The Morgan fingerprint density at radius 2 is 1.61 bits per heavy atom. The molecule has 0 atom stereocenters. The van der Waals surface area contributed by atoms with Crippen LogP contribution in [-0.2, 0) is 0 Å². The van der Waals surface area contributed by atoms with Gasteiger partial charge in [0.2, 0.25) is 0 Å². The molecule has 18 heavy (non-hydrogen) atoms. The van der Waals surface area contributed by atoms with E-state index in [1.165, 1.54) is 0 Å². The largest absolute Gasteiger partial charge is 0.506 e. The highest BCUT2D eigenvalue weighted by Crippen LogP contribution is 2.33. The van der Waals surface area contributed by atoms with Crippen molar-refractivity contribution in [2.24, 2.45) is 4.99 Å². The summed E-state index contributed by atoms with van der Waals surface area (Å²) < 4.78 is 0. The highest BCUT2D eigenvalue weighted by atomic mass is 16.3. The number of phenolic OH excluding ortho intramolecular Hbond substituents is 2. The fraction of sp³-hybridized carbons (Fsp3) is 0.0714. The van der Waals surface area contributed by atoms with Crippen LogP contribution in [0.1, 0.15) is 6.92 Å². The number of nitrogens with two attached hydrogens (primary N) is 1. The van der Waals surface area contributed by atoms with Crippen molar-refractivity contribution >= 4 is 17.6 Å². The van der Waals surface area contributed by atoms with Crippen molar-refractivity contribution in [3.8, 4) is 22.6 Å². The number of benzene rings is 2. The van der Waals surface area contributed by atoms with Gasteiger partial charge in [0.05, 0.1) is 5.69 Å². The molecule has 2 rings (SSSR count). The summed E-state index contributed by atoms with van der Waals surface area (Å²) in [5.74, 6) is 0.188. The zero-order chi connectivity index (χ0) is 13.1. The molecule has 0 aliphatic rings. The van der Waals surface area contributed by atoms with Crippen LogP contribution in [0.5, 0.6) is 11.5 Å². The van der Waals surface area contributed by atoms with Gasteiger partial charge in [0.1, 0.15) is 17.2 Å². The van der Waals surface area contributed by atoms with Crippen molar-refractivity contribution in [3.63, 3.8) is 0 Å². The third-order valence-electron chi connectivity index (χ3n) is 2.60. The Morgan fingerprint density at radius 3 is 2.22 bits per heavy atom. The van der Waals surface area contributed by atoms with E-state index in [0.29, 0.717) is 11.4 Å². The summed E-state index contributed by atoms with van der Waals surface area (Å²) >= 11 is 0. The average Bonchev–Trinajstić information content (AvgIpc) is 2.36. The Kier molecular flexibility index (Phi) is 3.19. The molecule has 0 heterocycles. The van der Waals surface area contributed by atoms with E-state index in [4.69, 9.17) is 5.73 Å². The van der Waals surface area contributed by atoms with Crippen LogP contribution in [0, 0.1) is 0 Å². The molecule has 0 spiro atoms. The lowest BCUT2D eigenvalue weighted by atomic mass is 10.0. The Labute approximate surface area is 105 Å². The number of phenols is 2. The van der Waals surface area contributed by atoms with Gasteiger partial charge in [-0.3, -0.25) is 4.99 Å². The highest BCUT2D eigenvalue weighted by Gasteiger charge is 2.05. The minimum Gasteiger partial charge on any atom is -0.506 e. The summed E-state index contributed by atoms with van der Waals surface area (Å²) in [6.07, 6.45) is 1.62. The second-order valence-corrected chi connectivity index (χ2v) is 3.86. The number of hydrogen-bond acceptors (Lipinski definition) is 4. The molecule has 0 aliphatic carbocycles. The third kappa shape index (κ3) is 2.27. The molecule has 0 unspecified atom stereocenters. The van der Waals surface area contributed by atoms with Gasteiger partial charge in [-0.25, -0.2) is 0 Å². The maximum absolute atomic E-state index is 9.63. The lowest BCUT2D eigenvalue weighted by Crippen LogP contribution is -1.86. The fourth-order valence-electron chi connectivity index (χ4n) is 1.68. The van der Waals surface area contributed by atoms with Crippen LogP contribution in [0.25, 0.3) is 11.1 Å². The number of aliphatic imine (C=N–C) groups is 1. The fourth-order valence-corrected chi connectivity index (χ4v) is 1.68. The summed E-state index contributed by atoms with van der Waals surface area (Å²) in [6, 6.07) is 10.1. The topological polar surface area (TPSA) is 78.8 Å². The number of nitrogens with zero attached hydrogens (tertiary/aromatic N) is 1. The first-order chi connectivity index (χ1) is 8.61. The molecular formula is C14H14N2O2. The van der Waals surface area contributed by atoms with Gasteiger partial charge in [0.25, 0.3) is 0 Å². The summed E-state index contributed by atoms with van der Waals surface area (Å²) in [7, 11) is 0. The quantitative estimate of drug-likeness (QED) is 0.430.